The molecule has 1 fully saturated rings. The zero-order valence-electron chi connectivity index (χ0n) is 17.5. The number of ether oxygens (including phenoxy) is 1. The molecule has 1 aliphatic rings. The fourth-order valence-corrected chi connectivity index (χ4v) is 3.90. The van der Waals surface area contributed by atoms with Gasteiger partial charge in [0.25, 0.3) is 11.7 Å². The third kappa shape index (κ3) is 4.99. The van der Waals surface area contributed by atoms with E-state index in [1.165, 1.54) is 6.42 Å². The van der Waals surface area contributed by atoms with Crippen molar-refractivity contribution in [3.63, 3.8) is 0 Å². The summed E-state index contributed by atoms with van der Waals surface area (Å²) in [5.41, 5.74) is 1.60. The molecule has 4 rings (SSSR count). The number of rotatable bonds is 6. The maximum atomic E-state index is 12.6. The van der Waals surface area contributed by atoms with E-state index in [1.807, 2.05) is 60.7 Å². The van der Waals surface area contributed by atoms with Crippen molar-refractivity contribution < 1.29 is 14.3 Å². The van der Waals surface area contributed by atoms with E-state index >= 15 is 0 Å². The lowest BCUT2D eigenvalue weighted by molar-refractivity contribution is -0.125. The lowest BCUT2D eigenvalue weighted by atomic mass is 9.86. The van der Waals surface area contributed by atoms with Gasteiger partial charge in [-0.25, -0.2) is 14.5 Å². The predicted octanol–water partition coefficient (Wildman–Crippen LogP) is 3.79. The van der Waals surface area contributed by atoms with Gasteiger partial charge in [-0.15, -0.1) is 5.10 Å². The molecule has 1 N–H and O–H groups in total. The van der Waals surface area contributed by atoms with Crippen molar-refractivity contribution in [2.45, 2.75) is 38.6 Å². The van der Waals surface area contributed by atoms with Crippen molar-refractivity contribution in [2.75, 3.05) is 6.61 Å². The third-order valence-electron chi connectivity index (χ3n) is 5.61. The summed E-state index contributed by atoms with van der Waals surface area (Å²) in [6.07, 6.45) is 4.37. The van der Waals surface area contributed by atoms with Crippen LogP contribution < -0.4 is 5.32 Å². The van der Waals surface area contributed by atoms with Gasteiger partial charge in [-0.05, 0) is 30.9 Å². The minimum atomic E-state index is -0.723. The maximum absolute atomic E-state index is 12.6. The molecule has 1 aromatic heterocycles. The van der Waals surface area contributed by atoms with Gasteiger partial charge in [0.2, 0.25) is 0 Å². The summed E-state index contributed by atoms with van der Waals surface area (Å²) in [7, 11) is 0. The first-order chi connectivity index (χ1) is 15.1. The second kappa shape index (κ2) is 9.55. The van der Waals surface area contributed by atoms with Crippen molar-refractivity contribution in [3.8, 4) is 17.1 Å². The molecular formula is C24H26N4O3. The van der Waals surface area contributed by atoms with E-state index < -0.39 is 5.97 Å². The van der Waals surface area contributed by atoms with Crippen LogP contribution in [0, 0.1) is 5.92 Å². The SMILES string of the molecule is CC1CCCCC1NC(=O)COC(=O)c1nc(-c2ccccc2)n(-c2ccccc2)n1. The minimum absolute atomic E-state index is 0.0819. The van der Waals surface area contributed by atoms with E-state index in [4.69, 9.17) is 4.74 Å². The van der Waals surface area contributed by atoms with E-state index in [0.29, 0.717) is 11.7 Å². The molecule has 1 saturated carbocycles. The number of aromatic nitrogens is 3. The first-order valence-electron chi connectivity index (χ1n) is 10.7. The number of para-hydroxylation sites is 1. The van der Waals surface area contributed by atoms with Crippen LogP contribution in [-0.2, 0) is 9.53 Å². The zero-order chi connectivity index (χ0) is 21.6. The van der Waals surface area contributed by atoms with Gasteiger partial charge < -0.3 is 10.1 Å². The number of nitrogens with zero attached hydrogens (tertiary/aromatic N) is 3. The van der Waals surface area contributed by atoms with Crippen molar-refractivity contribution in [3.05, 3.63) is 66.5 Å². The van der Waals surface area contributed by atoms with Gasteiger partial charge in [-0.1, -0.05) is 68.3 Å². The normalized spacial score (nSPS) is 18.4. The molecular weight excluding hydrogens is 392 g/mol. The second-order valence-electron chi connectivity index (χ2n) is 7.88. The largest absolute Gasteiger partial charge is 0.450 e. The molecule has 2 unspecified atom stereocenters. The molecule has 0 aliphatic heterocycles. The molecule has 31 heavy (non-hydrogen) atoms. The summed E-state index contributed by atoms with van der Waals surface area (Å²) in [4.78, 5) is 29.3. The standard InChI is InChI=1S/C24H26N4O3/c1-17-10-8-9-15-20(17)25-21(29)16-31-24(30)22-26-23(18-11-4-2-5-12-18)28(27-22)19-13-6-3-7-14-19/h2-7,11-14,17,20H,8-10,15-16H2,1H3,(H,25,29). The van der Waals surface area contributed by atoms with Crippen LogP contribution in [-0.4, -0.2) is 39.3 Å². The zero-order valence-corrected chi connectivity index (χ0v) is 17.5. The van der Waals surface area contributed by atoms with Crippen molar-refractivity contribution in [2.24, 2.45) is 5.92 Å². The van der Waals surface area contributed by atoms with E-state index in [2.05, 4.69) is 22.3 Å². The number of carbonyl (C=O) groups is 2. The van der Waals surface area contributed by atoms with Crippen LogP contribution in [0.3, 0.4) is 0 Å². The van der Waals surface area contributed by atoms with Gasteiger partial charge >= 0.3 is 5.97 Å². The van der Waals surface area contributed by atoms with Crippen LogP contribution in [0.1, 0.15) is 43.2 Å². The highest BCUT2D eigenvalue weighted by molar-refractivity contribution is 5.88. The molecule has 7 nitrogen and oxygen atoms in total. The van der Waals surface area contributed by atoms with Crippen LogP contribution in [0.2, 0.25) is 0 Å². The number of esters is 1. The average molecular weight is 418 g/mol. The fraction of sp³-hybridized carbons (Fsp3) is 0.333. The molecule has 0 saturated heterocycles. The highest BCUT2D eigenvalue weighted by Gasteiger charge is 2.24. The molecule has 2 aromatic carbocycles. The minimum Gasteiger partial charge on any atom is -0.450 e. The summed E-state index contributed by atoms with van der Waals surface area (Å²) in [6.45, 7) is 1.80. The monoisotopic (exact) mass is 418 g/mol. The van der Waals surface area contributed by atoms with Crippen molar-refractivity contribution in [1.82, 2.24) is 20.1 Å². The van der Waals surface area contributed by atoms with Gasteiger partial charge in [-0.3, -0.25) is 4.79 Å². The topological polar surface area (TPSA) is 86.1 Å². The number of nitrogens with one attached hydrogen (secondary N) is 1. The average Bonchev–Trinajstić information content (AvgIpc) is 3.26. The Morgan fingerprint density at radius 1 is 1.03 bits per heavy atom. The second-order valence-corrected chi connectivity index (χ2v) is 7.88. The summed E-state index contributed by atoms with van der Waals surface area (Å²) in [6, 6.07) is 19.1. The number of benzene rings is 2. The van der Waals surface area contributed by atoms with Crippen LogP contribution in [0.15, 0.2) is 60.7 Å². The highest BCUT2D eigenvalue weighted by Crippen LogP contribution is 2.24. The number of hydrogen-bond donors (Lipinski definition) is 1. The van der Waals surface area contributed by atoms with E-state index in [-0.39, 0.29) is 24.4 Å². The van der Waals surface area contributed by atoms with E-state index in [9.17, 15) is 9.59 Å². The van der Waals surface area contributed by atoms with Gasteiger partial charge in [0.1, 0.15) is 0 Å². The lowest BCUT2D eigenvalue weighted by Gasteiger charge is -2.29. The predicted molar refractivity (Wildman–Crippen MR) is 117 cm³/mol. The molecule has 7 heteroatoms. The molecule has 160 valence electrons. The number of carbonyl (C=O) groups excluding carboxylic acids is 2. The van der Waals surface area contributed by atoms with Crippen molar-refractivity contribution in [1.29, 1.82) is 0 Å². The van der Waals surface area contributed by atoms with E-state index in [0.717, 1.165) is 30.5 Å². The Bertz CT molecular complexity index is 976. The molecule has 0 bridgehead atoms. The van der Waals surface area contributed by atoms with Crippen LogP contribution in [0.25, 0.3) is 17.1 Å². The Morgan fingerprint density at radius 3 is 2.42 bits per heavy atom. The molecule has 1 aliphatic carbocycles. The van der Waals surface area contributed by atoms with Gasteiger partial charge in [0.05, 0.1) is 5.69 Å². The smallest absolute Gasteiger partial charge is 0.378 e. The molecule has 0 spiro atoms. The molecule has 1 heterocycles. The van der Waals surface area contributed by atoms with Crippen molar-refractivity contribution >= 4 is 11.9 Å². The fourth-order valence-electron chi connectivity index (χ4n) is 3.90. The molecule has 0 radical (unpaired) electrons. The third-order valence-corrected chi connectivity index (χ3v) is 5.61. The van der Waals surface area contributed by atoms with Gasteiger partial charge in [0, 0.05) is 11.6 Å². The Morgan fingerprint density at radius 2 is 1.71 bits per heavy atom. The Balaban J connectivity index is 1.48. The molecule has 1 amide bonds. The first kappa shape index (κ1) is 20.8. The van der Waals surface area contributed by atoms with Gasteiger partial charge in [0.15, 0.2) is 12.4 Å². The Hall–Kier alpha value is -3.48. The number of hydrogen-bond acceptors (Lipinski definition) is 5. The maximum Gasteiger partial charge on any atom is 0.378 e. The van der Waals surface area contributed by atoms with E-state index in [1.54, 1.807) is 4.68 Å². The van der Waals surface area contributed by atoms with Crippen LogP contribution in [0.5, 0.6) is 0 Å². The summed E-state index contributed by atoms with van der Waals surface area (Å²) in [5.74, 6) is -0.137. The van der Waals surface area contributed by atoms with Crippen LogP contribution in [0.4, 0.5) is 0 Å². The number of amides is 1. The molecule has 2 atom stereocenters. The quantitative estimate of drug-likeness (QED) is 0.616. The first-order valence-corrected chi connectivity index (χ1v) is 10.7. The summed E-state index contributed by atoms with van der Waals surface area (Å²) >= 11 is 0. The highest BCUT2D eigenvalue weighted by atomic mass is 16.5. The summed E-state index contributed by atoms with van der Waals surface area (Å²) < 4.78 is 6.82. The molecule has 3 aromatic rings. The van der Waals surface area contributed by atoms with Gasteiger partial charge in [-0.2, -0.15) is 0 Å². The Kier molecular flexibility index (Phi) is 6.40. The summed E-state index contributed by atoms with van der Waals surface area (Å²) in [5, 5.41) is 7.34. The lowest BCUT2D eigenvalue weighted by Crippen LogP contribution is -2.42. The Labute approximate surface area is 181 Å². The van der Waals surface area contributed by atoms with Crippen LogP contribution >= 0.6 is 0 Å².